The van der Waals surface area contributed by atoms with Gasteiger partial charge in [0, 0.05) is 7.11 Å². The van der Waals surface area contributed by atoms with Crippen LogP contribution in [0.1, 0.15) is 46.5 Å². The Morgan fingerprint density at radius 3 is 2.23 bits per heavy atom. The van der Waals surface area contributed by atoms with E-state index in [-0.39, 0.29) is 12.2 Å². The van der Waals surface area contributed by atoms with Gasteiger partial charge in [0.05, 0.1) is 12.2 Å². The minimum atomic E-state index is -0.295. The van der Waals surface area contributed by atoms with Crippen molar-refractivity contribution in [3.8, 4) is 0 Å². The van der Waals surface area contributed by atoms with Crippen LogP contribution in [0, 0.1) is 5.92 Å². The average molecular weight is 188 g/mol. The molecule has 0 aromatic rings. The zero-order valence-corrected chi connectivity index (χ0v) is 9.42. The fourth-order valence-corrected chi connectivity index (χ4v) is 1.64. The summed E-state index contributed by atoms with van der Waals surface area (Å²) in [5.41, 5.74) is 0. The smallest absolute Gasteiger partial charge is 0.0852 e. The summed E-state index contributed by atoms with van der Waals surface area (Å²) < 4.78 is 5.25. The Labute approximate surface area is 82.3 Å². The Morgan fingerprint density at radius 2 is 1.85 bits per heavy atom. The molecule has 0 aromatic heterocycles. The monoisotopic (exact) mass is 188 g/mol. The number of rotatable bonds is 7. The number of methoxy groups -OCH3 is 1. The van der Waals surface area contributed by atoms with Crippen LogP contribution in [0.15, 0.2) is 0 Å². The van der Waals surface area contributed by atoms with Crippen molar-refractivity contribution >= 4 is 0 Å². The molecule has 80 valence electrons. The lowest BCUT2D eigenvalue weighted by molar-refractivity contribution is -0.0414. The topological polar surface area (TPSA) is 29.5 Å². The lowest BCUT2D eigenvalue weighted by Crippen LogP contribution is -2.32. The summed E-state index contributed by atoms with van der Waals surface area (Å²) in [6.45, 7) is 6.33. The van der Waals surface area contributed by atoms with Crippen LogP contribution in [0.5, 0.6) is 0 Å². The maximum Gasteiger partial charge on any atom is 0.0852 e. The van der Waals surface area contributed by atoms with E-state index < -0.39 is 0 Å². The molecule has 0 aliphatic rings. The molecule has 0 bridgehead atoms. The van der Waals surface area contributed by atoms with E-state index in [4.69, 9.17) is 4.74 Å². The minimum absolute atomic E-state index is 0.00291. The van der Waals surface area contributed by atoms with Gasteiger partial charge in [-0.2, -0.15) is 0 Å². The first kappa shape index (κ1) is 12.9. The molecular formula is C11H24O2. The zero-order valence-electron chi connectivity index (χ0n) is 9.42. The summed E-state index contributed by atoms with van der Waals surface area (Å²) in [5.74, 6) is 0.390. The molecule has 0 spiro atoms. The van der Waals surface area contributed by atoms with Gasteiger partial charge in [-0.25, -0.2) is 0 Å². The molecule has 2 heteroatoms. The number of aliphatic hydroxyl groups is 1. The van der Waals surface area contributed by atoms with E-state index in [0.29, 0.717) is 5.92 Å². The highest BCUT2D eigenvalue weighted by Gasteiger charge is 2.21. The molecule has 2 nitrogen and oxygen atoms in total. The van der Waals surface area contributed by atoms with Crippen molar-refractivity contribution in [3.05, 3.63) is 0 Å². The zero-order chi connectivity index (χ0) is 10.3. The fraction of sp³-hybridized carbons (Fsp3) is 1.00. The van der Waals surface area contributed by atoms with Crippen LogP contribution in [0.4, 0.5) is 0 Å². The molecule has 0 fully saturated rings. The van der Waals surface area contributed by atoms with Crippen LogP contribution in [-0.2, 0) is 4.74 Å². The van der Waals surface area contributed by atoms with Crippen molar-refractivity contribution in [3.63, 3.8) is 0 Å². The van der Waals surface area contributed by atoms with E-state index in [1.165, 1.54) is 12.8 Å². The number of hydrogen-bond donors (Lipinski definition) is 1. The van der Waals surface area contributed by atoms with E-state index in [0.717, 1.165) is 12.8 Å². The molecule has 0 aromatic carbocycles. The second kappa shape index (κ2) is 7.34. The molecule has 2 unspecified atom stereocenters. The van der Waals surface area contributed by atoms with Crippen LogP contribution >= 0.6 is 0 Å². The first-order valence-corrected chi connectivity index (χ1v) is 5.34. The Bertz CT molecular complexity index is 113. The number of ether oxygens (including phenoxy) is 1. The number of hydrogen-bond acceptors (Lipinski definition) is 2. The highest BCUT2D eigenvalue weighted by Crippen LogP contribution is 2.15. The van der Waals surface area contributed by atoms with Crippen LogP contribution in [0.3, 0.4) is 0 Å². The van der Waals surface area contributed by atoms with Crippen molar-refractivity contribution < 1.29 is 9.84 Å². The molecule has 0 heterocycles. The lowest BCUT2D eigenvalue weighted by Gasteiger charge is -2.24. The summed E-state index contributed by atoms with van der Waals surface area (Å²) in [5, 5.41) is 9.78. The normalized spacial score (nSPS) is 16.2. The largest absolute Gasteiger partial charge is 0.390 e. The van der Waals surface area contributed by atoms with Crippen molar-refractivity contribution in [1.29, 1.82) is 0 Å². The summed E-state index contributed by atoms with van der Waals surface area (Å²) in [6.07, 6.45) is 4.07. The molecular weight excluding hydrogens is 164 g/mol. The predicted molar refractivity (Wildman–Crippen MR) is 55.8 cm³/mol. The molecule has 2 atom stereocenters. The van der Waals surface area contributed by atoms with Crippen LogP contribution in [0.2, 0.25) is 0 Å². The Balaban J connectivity index is 3.70. The highest BCUT2D eigenvalue weighted by atomic mass is 16.5. The third kappa shape index (κ3) is 5.27. The third-order valence-electron chi connectivity index (χ3n) is 2.41. The lowest BCUT2D eigenvalue weighted by atomic mass is 9.97. The highest BCUT2D eigenvalue weighted by molar-refractivity contribution is 4.71. The molecule has 13 heavy (non-hydrogen) atoms. The van der Waals surface area contributed by atoms with Gasteiger partial charge in [-0.3, -0.25) is 0 Å². The van der Waals surface area contributed by atoms with Gasteiger partial charge in [0.15, 0.2) is 0 Å². The van der Waals surface area contributed by atoms with Crippen LogP contribution in [-0.4, -0.2) is 24.4 Å². The summed E-state index contributed by atoms with van der Waals surface area (Å²) >= 11 is 0. The third-order valence-corrected chi connectivity index (χ3v) is 2.41. The van der Waals surface area contributed by atoms with E-state index in [1.54, 1.807) is 7.11 Å². The maximum atomic E-state index is 9.78. The molecule has 0 rings (SSSR count). The summed E-state index contributed by atoms with van der Waals surface area (Å²) in [4.78, 5) is 0. The SMILES string of the molecule is CCCCCC(O)C(OC)C(C)C. The van der Waals surface area contributed by atoms with Crippen LogP contribution < -0.4 is 0 Å². The van der Waals surface area contributed by atoms with E-state index in [1.807, 2.05) is 0 Å². The molecule has 1 N–H and O–H groups in total. The quantitative estimate of drug-likeness (QED) is 0.622. The average Bonchev–Trinajstić information content (AvgIpc) is 2.05. The van der Waals surface area contributed by atoms with Crippen molar-refractivity contribution in [1.82, 2.24) is 0 Å². The van der Waals surface area contributed by atoms with E-state index >= 15 is 0 Å². The van der Waals surface area contributed by atoms with Crippen LogP contribution in [0.25, 0.3) is 0 Å². The Morgan fingerprint density at radius 1 is 1.23 bits per heavy atom. The van der Waals surface area contributed by atoms with Gasteiger partial charge in [0.25, 0.3) is 0 Å². The van der Waals surface area contributed by atoms with Gasteiger partial charge in [0.2, 0.25) is 0 Å². The number of aliphatic hydroxyl groups excluding tert-OH is 1. The Hall–Kier alpha value is -0.0800. The number of unbranched alkanes of at least 4 members (excludes halogenated alkanes) is 2. The van der Waals surface area contributed by atoms with Crippen molar-refractivity contribution in [2.45, 2.75) is 58.7 Å². The maximum absolute atomic E-state index is 9.78. The van der Waals surface area contributed by atoms with Gasteiger partial charge in [-0.1, -0.05) is 40.0 Å². The van der Waals surface area contributed by atoms with Crippen molar-refractivity contribution in [2.75, 3.05) is 7.11 Å². The van der Waals surface area contributed by atoms with E-state index in [9.17, 15) is 5.11 Å². The molecule has 0 saturated carbocycles. The predicted octanol–water partition coefficient (Wildman–Crippen LogP) is 2.60. The molecule has 0 aliphatic heterocycles. The molecule has 0 saturated heterocycles. The van der Waals surface area contributed by atoms with Gasteiger partial charge in [0.1, 0.15) is 0 Å². The second-order valence-corrected chi connectivity index (χ2v) is 4.01. The Kier molecular flexibility index (Phi) is 7.29. The van der Waals surface area contributed by atoms with Gasteiger partial charge >= 0.3 is 0 Å². The standard InChI is InChI=1S/C11H24O2/c1-5-6-7-8-10(12)11(13-4)9(2)3/h9-12H,5-8H2,1-4H3. The fourth-order valence-electron chi connectivity index (χ4n) is 1.64. The van der Waals surface area contributed by atoms with Gasteiger partial charge < -0.3 is 9.84 Å². The van der Waals surface area contributed by atoms with E-state index in [2.05, 4.69) is 20.8 Å². The first-order valence-electron chi connectivity index (χ1n) is 5.34. The molecule has 0 radical (unpaired) electrons. The van der Waals surface area contributed by atoms with Gasteiger partial charge in [-0.05, 0) is 12.3 Å². The first-order chi connectivity index (χ1) is 6.13. The molecule has 0 amide bonds. The summed E-state index contributed by atoms with van der Waals surface area (Å²) in [6, 6.07) is 0. The minimum Gasteiger partial charge on any atom is -0.390 e. The van der Waals surface area contributed by atoms with Crippen molar-refractivity contribution in [2.24, 2.45) is 5.92 Å². The second-order valence-electron chi connectivity index (χ2n) is 4.01. The molecule has 0 aliphatic carbocycles. The van der Waals surface area contributed by atoms with Gasteiger partial charge in [-0.15, -0.1) is 0 Å². The summed E-state index contributed by atoms with van der Waals surface area (Å²) in [7, 11) is 1.67.